The number of hydrogen-bond acceptors (Lipinski definition) is 2. The molecule has 0 heterocycles. The van der Waals surface area contributed by atoms with E-state index in [1.54, 1.807) is 6.07 Å². The molecule has 2 rings (SSSR count). The van der Waals surface area contributed by atoms with E-state index in [2.05, 4.69) is 10.6 Å². The van der Waals surface area contributed by atoms with Crippen LogP contribution in [0.4, 0.5) is 9.18 Å². The molecule has 5 heteroatoms. The molecule has 110 valence electrons. The van der Waals surface area contributed by atoms with Gasteiger partial charge in [-0.3, -0.25) is 0 Å². The van der Waals surface area contributed by atoms with Gasteiger partial charge >= 0.3 is 6.03 Å². The molecule has 3 N–H and O–H groups in total. The lowest BCUT2D eigenvalue weighted by Crippen LogP contribution is -2.43. The summed E-state index contributed by atoms with van der Waals surface area (Å²) in [5, 5.41) is 14.6. The van der Waals surface area contributed by atoms with E-state index in [1.165, 1.54) is 12.1 Å². The molecule has 0 fully saturated rings. The van der Waals surface area contributed by atoms with E-state index < -0.39 is 0 Å². The number of benzene rings is 1. The van der Waals surface area contributed by atoms with Crippen LogP contribution in [-0.2, 0) is 6.42 Å². The van der Waals surface area contributed by atoms with Crippen LogP contribution >= 0.6 is 0 Å². The molecule has 0 aliphatic heterocycles. The van der Waals surface area contributed by atoms with E-state index in [0.717, 1.165) is 30.4 Å². The van der Waals surface area contributed by atoms with Gasteiger partial charge in [-0.2, -0.15) is 0 Å². The zero-order chi connectivity index (χ0) is 14.5. The molecule has 1 aromatic rings. The molecule has 2 atom stereocenters. The molecule has 1 aliphatic rings. The van der Waals surface area contributed by atoms with Gasteiger partial charge in [-0.05, 0) is 48.9 Å². The highest BCUT2D eigenvalue weighted by atomic mass is 19.1. The smallest absolute Gasteiger partial charge is 0.315 e. The first kappa shape index (κ1) is 14.8. The highest BCUT2D eigenvalue weighted by molar-refractivity contribution is 5.75. The predicted molar refractivity (Wildman–Crippen MR) is 74.9 cm³/mol. The lowest BCUT2D eigenvalue weighted by atomic mass is 10.1. The van der Waals surface area contributed by atoms with E-state index in [9.17, 15) is 9.18 Å². The molecule has 0 spiro atoms. The second kappa shape index (κ2) is 6.70. The summed E-state index contributed by atoms with van der Waals surface area (Å²) in [6.45, 7) is 2.01. The summed E-state index contributed by atoms with van der Waals surface area (Å²) < 4.78 is 13.3. The molecule has 1 aromatic carbocycles. The van der Waals surface area contributed by atoms with Crippen LogP contribution in [-0.4, -0.2) is 23.8 Å². The molecular weight excluding hydrogens is 259 g/mol. The average Bonchev–Trinajstić information content (AvgIpc) is 2.80. The Morgan fingerprint density at radius 3 is 3.05 bits per heavy atom. The number of aryl methyl sites for hydroxylation is 1. The second-order valence-corrected chi connectivity index (χ2v) is 5.17. The van der Waals surface area contributed by atoms with Crippen molar-refractivity contribution in [2.45, 2.75) is 44.7 Å². The lowest BCUT2D eigenvalue weighted by Gasteiger charge is -2.19. The molecule has 0 aromatic heterocycles. The molecule has 20 heavy (non-hydrogen) atoms. The van der Waals surface area contributed by atoms with Crippen molar-refractivity contribution in [1.82, 2.24) is 10.6 Å². The summed E-state index contributed by atoms with van der Waals surface area (Å²) >= 11 is 0. The molecule has 0 saturated heterocycles. The third kappa shape index (κ3) is 3.48. The van der Waals surface area contributed by atoms with E-state index in [0.29, 0.717) is 6.42 Å². The summed E-state index contributed by atoms with van der Waals surface area (Å²) in [5.74, 6) is -0.274. The maximum atomic E-state index is 13.3. The molecule has 0 radical (unpaired) electrons. The average molecular weight is 280 g/mol. The van der Waals surface area contributed by atoms with Crippen LogP contribution < -0.4 is 10.6 Å². The van der Waals surface area contributed by atoms with Gasteiger partial charge < -0.3 is 15.7 Å². The summed E-state index contributed by atoms with van der Waals surface area (Å²) in [6, 6.07) is 4.31. The Bertz CT molecular complexity index is 479. The predicted octanol–water partition coefficient (Wildman–Crippen LogP) is 2.27. The Morgan fingerprint density at radius 1 is 1.55 bits per heavy atom. The second-order valence-electron chi connectivity index (χ2n) is 5.17. The Hall–Kier alpha value is -1.62. The molecule has 2 amide bonds. The molecule has 2 unspecified atom stereocenters. The standard InChI is InChI=1S/C15H21FN2O2/c1-2-12(7-8-19)17-15(20)18-14-6-4-10-3-5-11(16)9-13(10)14/h3,5,9,12,14,19H,2,4,6-8H2,1H3,(H2,17,18,20). The summed E-state index contributed by atoms with van der Waals surface area (Å²) in [5.41, 5.74) is 1.97. The third-order valence-corrected chi connectivity index (χ3v) is 3.80. The first-order chi connectivity index (χ1) is 9.63. The number of rotatable bonds is 5. The van der Waals surface area contributed by atoms with Crippen molar-refractivity contribution in [2.24, 2.45) is 0 Å². The number of carbonyl (C=O) groups is 1. The molecular formula is C15H21FN2O2. The fraction of sp³-hybridized carbons (Fsp3) is 0.533. The van der Waals surface area contributed by atoms with E-state index >= 15 is 0 Å². The Kier molecular flexibility index (Phi) is 4.95. The summed E-state index contributed by atoms with van der Waals surface area (Å²) in [7, 11) is 0. The number of amides is 2. The van der Waals surface area contributed by atoms with Gasteiger partial charge in [0, 0.05) is 12.6 Å². The highest BCUT2D eigenvalue weighted by Crippen LogP contribution is 2.31. The van der Waals surface area contributed by atoms with Gasteiger partial charge in [-0.1, -0.05) is 13.0 Å². The molecule has 1 aliphatic carbocycles. The Morgan fingerprint density at radius 2 is 2.35 bits per heavy atom. The van der Waals surface area contributed by atoms with Crippen molar-refractivity contribution in [1.29, 1.82) is 0 Å². The van der Waals surface area contributed by atoms with Crippen LogP contribution in [0.3, 0.4) is 0 Å². The van der Waals surface area contributed by atoms with Crippen LogP contribution in [0.1, 0.15) is 43.4 Å². The molecule has 0 bridgehead atoms. The van der Waals surface area contributed by atoms with Crippen molar-refractivity contribution >= 4 is 6.03 Å². The SMILES string of the molecule is CCC(CCO)NC(=O)NC1CCc2ccc(F)cc21. The third-order valence-electron chi connectivity index (χ3n) is 3.80. The summed E-state index contributed by atoms with van der Waals surface area (Å²) in [4.78, 5) is 11.9. The minimum atomic E-state index is -0.274. The minimum Gasteiger partial charge on any atom is -0.396 e. The highest BCUT2D eigenvalue weighted by Gasteiger charge is 2.24. The maximum Gasteiger partial charge on any atom is 0.315 e. The maximum absolute atomic E-state index is 13.3. The zero-order valence-corrected chi connectivity index (χ0v) is 11.7. The van der Waals surface area contributed by atoms with Gasteiger partial charge in [0.2, 0.25) is 0 Å². The van der Waals surface area contributed by atoms with Gasteiger partial charge in [0.1, 0.15) is 5.82 Å². The Labute approximate surface area is 118 Å². The van der Waals surface area contributed by atoms with Crippen LogP contribution in [0.15, 0.2) is 18.2 Å². The van der Waals surface area contributed by atoms with E-state index in [1.807, 2.05) is 6.92 Å². The van der Waals surface area contributed by atoms with Crippen LogP contribution in [0, 0.1) is 5.82 Å². The van der Waals surface area contributed by atoms with Gasteiger partial charge in [0.15, 0.2) is 0 Å². The number of nitrogens with one attached hydrogen (secondary N) is 2. The minimum absolute atomic E-state index is 0.0339. The largest absolute Gasteiger partial charge is 0.396 e. The van der Waals surface area contributed by atoms with Crippen molar-refractivity contribution in [2.75, 3.05) is 6.61 Å². The normalized spacial score (nSPS) is 18.4. The van der Waals surface area contributed by atoms with Crippen LogP contribution in [0.5, 0.6) is 0 Å². The van der Waals surface area contributed by atoms with Gasteiger partial charge in [-0.15, -0.1) is 0 Å². The number of halogens is 1. The van der Waals surface area contributed by atoms with Crippen LogP contribution in [0.25, 0.3) is 0 Å². The van der Waals surface area contributed by atoms with Gasteiger partial charge in [0.05, 0.1) is 6.04 Å². The van der Waals surface area contributed by atoms with Gasteiger partial charge in [-0.25, -0.2) is 9.18 Å². The van der Waals surface area contributed by atoms with Crippen molar-refractivity contribution < 1.29 is 14.3 Å². The number of hydrogen-bond donors (Lipinski definition) is 3. The quantitative estimate of drug-likeness (QED) is 0.775. The van der Waals surface area contributed by atoms with Crippen molar-refractivity contribution in [3.63, 3.8) is 0 Å². The fourth-order valence-electron chi connectivity index (χ4n) is 2.64. The van der Waals surface area contributed by atoms with Gasteiger partial charge in [0.25, 0.3) is 0 Å². The number of aliphatic hydroxyl groups is 1. The first-order valence-corrected chi connectivity index (χ1v) is 7.10. The number of aliphatic hydroxyl groups excluding tert-OH is 1. The fourth-order valence-corrected chi connectivity index (χ4v) is 2.64. The number of fused-ring (bicyclic) bond motifs is 1. The zero-order valence-electron chi connectivity index (χ0n) is 11.7. The first-order valence-electron chi connectivity index (χ1n) is 7.10. The number of urea groups is 1. The topological polar surface area (TPSA) is 61.4 Å². The monoisotopic (exact) mass is 280 g/mol. The number of carbonyl (C=O) groups excluding carboxylic acids is 1. The lowest BCUT2D eigenvalue weighted by molar-refractivity contribution is 0.224. The van der Waals surface area contributed by atoms with E-state index in [-0.39, 0.29) is 30.5 Å². The Balaban J connectivity index is 1.95. The molecule has 0 saturated carbocycles. The van der Waals surface area contributed by atoms with Crippen molar-refractivity contribution in [3.8, 4) is 0 Å². The van der Waals surface area contributed by atoms with Crippen LogP contribution in [0.2, 0.25) is 0 Å². The summed E-state index contributed by atoms with van der Waals surface area (Å²) in [6.07, 6.45) is 2.96. The van der Waals surface area contributed by atoms with E-state index in [4.69, 9.17) is 5.11 Å². The molecule has 4 nitrogen and oxygen atoms in total. The van der Waals surface area contributed by atoms with Crippen molar-refractivity contribution in [3.05, 3.63) is 35.1 Å².